The lowest BCUT2D eigenvalue weighted by molar-refractivity contribution is 0.684. The molecule has 96 valence electrons. The first kappa shape index (κ1) is 12.9. The summed E-state index contributed by atoms with van der Waals surface area (Å²) in [5.74, 6) is 0. The SMILES string of the molecule is Cc1ccccc1CNCc1cc(C)n(C)c1C. The second kappa shape index (κ2) is 5.40. The topological polar surface area (TPSA) is 17.0 Å². The van der Waals surface area contributed by atoms with Gasteiger partial charge >= 0.3 is 0 Å². The highest BCUT2D eigenvalue weighted by Gasteiger charge is 2.05. The van der Waals surface area contributed by atoms with Gasteiger partial charge in [0.25, 0.3) is 0 Å². The largest absolute Gasteiger partial charge is 0.352 e. The van der Waals surface area contributed by atoms with Crippen molar-refractivity contribution < 1.29 is 0 Å². The van der Waals surface area contributed by atoms with E-state index in [4.69, 9.17) is 0 Å². The minimum absolute atomic E-state index is 0.931. The molecular formula is C16H22N2. The quantitative estimate of drug-likeness (QED) is 0.871. The number of aromatic nitrogens is 1. The highest BCUT2D eigenvalue weighted by Crippen LogP contribution is 2.13. The average molecular weight is 242 g/mol. The van der Waals surface area contributed by atoms with Gasteiger partial charge in [-0.25, -0.2) is 0 Å². The van der Waals surface area contributed by atoms with Crippen LogP contribution in [0.25, 0.3) is 0 Å². The van der Waals surface area contributed by atoms with E-state index in [0.29, 0.717) is 0 Å². The maximum atomic E-state index is 3.53. The standard InChI is InChI=1S/C16H22N2/c1-12-7-5-6-8-15(12)10-17-11-16-9-13(2)18(4)14(16)3/h5-9,17H,10-11H2,1-4H3. The van der Waals surface area contributed by atoms with E-state index in [1.807, 2.05) is 0 Å². The fourth-order valence-electron chi connectivity index (χ4n) is 2.25. The molecular weight excluding hydrogens is 220 g/mol. The van der Waals surface area contributed by atoms with E-state index in [-0.39, 0.29) is 0 Å². The highest BCUT2D eigenvalue weighted by atomic mass is 15.0. The van der Waals surface area contributed by atoms with Gasteiger partial charge in [-0.1, -0.05) is 24.3 Å². The Hall–Kier alpha value is -1.54. The van der Waals surface area contributed by atoms with Crippen molar-refractivity contribution in [2.75, 3.05) is 0 Å². The third-order valence-corrected chi connectivity index (χ3v) is 3.77. The first-order chi connectivity index (χ1) is 8.59. The lowest BCUT2D eigenvalue weighted by Gasteiger charge is -2.08. The number of rotatable bonds is 4. The van der Waals surface area contributed by atoms with E-state index in [1.165, 1.54) is 28.1 Å². The molecule has 2 rings (SSSR count). The Labute approximate surface area is 110 Å². The maximum absolute atomic E-state index is 3.53. The van der Waals surface area contributed by atoms with Crippen molar-refractivity contribution in [2.45, 2.75) is 33.9 Å². The first-order valence-electron chi connectivity index (χ1n) is 6.46. The van der Waals surface area contributed by atoms with Gasteiger partial charge in [0, 0.05) is 31.5 Å². The summed E-state index contributed by atoms with van der Waals surface area (Å²) in [5.41, 5.74) is 6.79. The molecule has 0 spiro atoms. The molecule has 1 aromatic heterocycles. The summed E-state index contributed by atoms with van der Waals surface area (Å²) in [7, 11) is 2.12. The monoisotopic (exact) mass is 242 g/mol. The van der Waals surface area contributed by atoms with Crippen LogP contribution in [0.5, 0.6) is 0 Å². The molecule has 1 heterocycles. The Bertz CT molecular complexity index is 538. The van der Waals surface area contributed by atoms with Crippen molar-refractivity contribution >= 4 is 0 Å². The van der Waals surface area contributed by atoms with Gasteiger partial charge in [-0.15, -0.1) is 0 Å². The molecule has 18 heavy (non-hydrogen) atoms. The van der Waals surface area contributed by atoms with Gasteiger partial charge in [0.1, 0.15) is 0 Å². The van der Waals surface area contributed by atoms with Crippen LogP contribution in [0.4, 0.5) is 0 Å². The van der Waals surface area contributed by atoms with Crippen molar-refractivity contribution in [3.05, 3.63) is 58.4 Å². The molecule has 0 saturated heterocycles. The molecule has 0 fully saturated rings. The zero-order valence-electron chi connectivity index (χ0n) is 11.7. The number of aryl methyl sites for hydroxylation is 2. The Morgan fingerprint density at radius 3 is 2.28 bits per heavy atom. The van der Waals surface area contributed by atoms with Crippen LogP contribution in [0.3, 0.4) is 0 Å². The second-order valence-electron chi connectivity index (χ2n) is 4.99. The molecule has 0 saturated carbocycles. The fourth-order valence-corrected chi connectivity index (χ4v) is 2.25. The Morgan fingerprint density at radius 2 is 1.67 bits per heavy atom. The molecule has 0 bridgehead atoms. The van der Waals surface area contributed by atoms with Crippen LogP contribution in [0.15, 0.2) is 30.3 Å². The predicted molar refractivity (Wildman–Crippen MR) is 76.6 cm³/mol. The van der Waals surface area contributed by atoms with Gasteiger partial charge in [0.05, 0.1) is 0 Å². The van der Waals surface area contributed by atoms with Crippen LogP contribution in [0.1, 0.15) is 28.1 Å². The first-order valence-corrected chi connectivity index (χ1v) is 6.46. The summed E-state index contributed by atoms with van der Waals surface area (Å²) < 4.78 is 2.24. The Morgan fingerprint density at radius 1 is 1.00 bits per heavy atom. The van der Waals surface area contributed by atoms with Crippen LogP contribution >= 0.6 is 0 Å². The summed E-state index contributed by atoms with van der Waals surface area (Å²) in [6.07, 6.45) is 0. The van der Waals surface area contributed by atoms with Crippen LogP contribution < -0.4 is 5.32 Å². The number of hydrogen-bond acceptors (Lipinski definition) is 1. The maximum Gasteiger partial charge on any atom is 0.0226 e. The lowest BCUT2D eigenvalue weighted by atomic mass is 10.1. The molecule has 1 N–H and O–H groups in total. The predicted octanol–water partition coefficient (Wildman–Crippen LogP) is 3.24. The molecule has 0 aliphatic heterocycles. The van der Waals surface area contributed by atoms with Gasteiger partial charge in [-0.05, 0) is 43.5 Å². The Kier molecular flexibility index (Phi) is 3.87. The fraction of sp³-hybridized carbons (Fsp3) is 0.375. The zero-order chi connectivity index (χ0) is 13.1. The molecule has 2 nitrogen and oxygen atoms in total. The number of nitrogens with zero attached hydrogens (tertiary/aromatic N) is 1. The minimum atomic E-state index is 0.931. The van der Waals surface area contributed by atoms with Gasteiger partial charge in [0.15, 0.2) is 0 Å². The molecule has 2 aromatic rings. The lowest BCUT2D eigenvalue weighted by Crippen LogP contribution is -2.14. The molecule has 0 aliphatic carbocycles. The van der Waals surface area contributed by atoms with Crippen molar-refractivity contribution in [1.29, 1.82) is 0 Å². The normalized spacial score (nSPS) is 10.9. The smallest absolute Gasteiger partial charge is 0.0226 e. The molecule has 1 aromatic carbocycles. The molecule has 0 amide bonds. The molecule has 0 atom stereocenters. The summed E-state index contributed by atoms with van der Waals surface area (Å²) in [6.45, 7) is 8.35. The summed E-state index contributed by atoms with van der Waals surface area (Å²) in [6, 6.07) is 10.8. The molecule has 2 heteroatoms. The van der Waals surface area contributed by atoms with Gasteiger partial charge in [-0.2, -0.15) is 0 Å². The highest BCUT2D eigenvalue weighted by molar-refractivity contribution is 5.27. The van der Waals surface area contributed by atoms with Crippen LogP contribution in [0.2, 0.25) is 0 Å². The van der Waals surface area contributed by atoms with E-state index >= 15 is 0 Å². The van der Waals surface area contributed by atoms with E-state index in [1.54, 1.807) is 0 Å². The van der Waals surface area contributed by atoms with Crippen molar-refractivity contribution in [3.8, 4) is 0 Å². The van der Waals surface area contributed by atoms with Crippen LogP contribution in [0, 0.1) is 20.8 Å². The number of nitrogens with one attached hydrogen (secondary N) is 1. The van der Waals surface area contributed by atoms with Crippen molar-refractivity contribution in [3.63, 3.8) is 0 Å². The van der Waals surface area contributed by atoms with E-state index in [2.05, 4.69) is 68.0 Å². The second-order valence-corrected chi connectivity index (χ2v) is 4.99. The van der Waals surface area contributed by atoms with Gasteiger partial charge in [-0.3, -0.25) is 0 Å². The third-order valence-electron chi connectivity index (χ3n) is 3.77. The van der Waals surface area contributed by atoms with E-state index in [0.717, 1.165) is 13.1 Å². The number of benzene rings is 1. The summed E-state index contributed by atoms with van der Waals surface area (Å²) in [4.78, 5) is 0. The summed E-state index contributed by atoms with van der Waals surface area (Å²) >= 11 is 0. The average Bonchev–Trinajstić information content (AvgIpc) is 2.60. The number of hydrogen-bond donors (Lipinski definition) is 1. The van der Waals surface area contributed by atoms with Crippen LogP contribution in [-0.2, 0) is 20.1 Å². The molecule has 0 radical (unpaired) electrons. The van der Waals surface area contributed by atoms with E-state index in [9.17, 15) is 0 Å². The van der Waals surface area contributed by atoms with E-state index < -0.39 is 0 Å². The molecule has 0 aliphatic rings. The third kappa shape index (κ3) is 2.65. The van der Waals surface area contributed by atoms with Crippen molar-refractivity contribution in [1.82, 2.24) is 9.88 Å². The zero-order valence-corrected chi connectivity index (χ0v) is 11.7. The van der Waals surface area contributed by atoms with Gasteiger partial charge < -0.3 is 9.88 Å². The van der Waals surface area contributed by atoms with Crippen molar-refractivity contribution in [2.24, 2.45) is 7.05 Å². The van der Waals surface area contributed by atoms with Crippen LogP contribution in [-0.4, -0.2) is 4.57 Å². The minimum Gasteiger partial charge on any atom is -0.352 e. The van der Waals surface area contributed by atoms with Gasteiger partial charge in [0.2, 0.25) is 0 Å². The summed E-state index contributed by atoms with van der Waals surface area (Å²) in [5, 5.41) is 3.53. The Balaban J connectivity index is 1.97. The molecule has 0 unspecified atom stereocenters.